The quantitative estimate of drug-likeness (QED) is 0.676. The van der Waals surface area contributed by atoms with Gasteiger partial charge in [-0.15, -0.1) is 0 Å². The van der Waals surface area contributed by atoms with Gasteiger partial charge in [0.15, 0.2) is 0 Å². The monoisotopic (exact) mass is 332 g/mol. The van der Waals surface area contributed by atoms with Crippen molar-refractivity contribution >= 4 is 40.6 Å². The minimum atomic E-state index is -0.391. The first-order valence-corrected chi connectivity index (χ1v) is 7.39. The fourth-order valence-electron chi connectivity index (χ4n) is 1.86. The SMILES string of the molecule is NCCC(=O)Nc1cc(NC(=O)Nc2ccccc2)ccc1Cl. The number of carbonyl (C=O) groups excluding carboxylic acids is 2. The van der Waals surface area contributed by atoms with E-state index >= 15 is 0 Å². The van der Waals surface area contributed by atoms with Gasteiger partial charge in [-0.25, -0.2) is 4.79 Å². The number of benzene rings is 2. The third-order valence-corrected chi connectivity index (χ3v) is 3.23. The lowest BCUT2D eigenvalue weighted by atomic mass is 10.2. The Hall–Kier alpha value is -2.57. The molecule has 0 atom stereocenters. The topological polar surface area (TPSA) is 96.2 Å². The Morgan fingerprint density at radius 1 is 0.957 bits per heavy atom. The van der Waals surface area contributed by atoms with Crippen molar-refractivity contribution in [3.05, 3.63) is 53.6 Å². The molecule has 0 aliphatic heterocycles. The number of hydrogen-bond donors (Lipinski definition) is 4. The molecule has 2 rings (SSSR count). The number of urea groups is 1. The highest BCUT2D eigenvalue weighted by Gasteiger charge is 2.08. The first-order valence-electron chi connectivity index (χ1n) is 7.01. The summed E-state index contributed by atoms with van der Waals surface area (Å²) in [4.78, 5) is 23.5. The Bertz CT molecular complexity index is 692. The van der Waals surface area contributed by atoms with Gasteiger partial charge in [0.1, 0.15) is 0 Å². The zero-order valence-electron chi connectivity index (χ0n) is 12.3. The molecule has 2 aromatic rings. The molecule has 23 heavy (non-hydrogen) atoms. The first kappa shape index (κ1) is 16.8. The van der Waals surface area contributed by atoms with E-state index in [0.29, 0.717) is 22.1 Å². The van der Waals surface area contributed by atoms with Gasteiger partial charge in [0.05, 0.1) is 10.7 Å². The molecule has 0 unspecified atom stereocenters. The van der Waals surface area contributed by atoms with Crippen molar-refractivity contribution < 1.29 is 9.59 Å². The van der Waals surface area contributed by atoms with Crippen molar-refractivity contribution in [2.45, 2.75) is 6.42 Å². The third-order valence-electron chi connectivity index (χ3n) is 2.90. The number of carbonyl (C=O) groups is 2. The molecule has 0 aliphatic carbocycles. The van der Waals surface area contributed by atoms with E-state index in [1.807, 2.05) is 18.2 Å². The fraction of sp³-hybridized carbons (Fsp3) is 0.125. The highest BCUT2D eigenvalue weighted by Crippen LogP contribution is 2.25. The second kappa shape index (κ2) is 8.17. The predicted octanol–water partition coefficient (Wildman–Crippen LogP) is 3.27. The zero-order valence-corrected chi connectivity index (χ0v) is 13.1. The number of amides is 3. The Morgan fingerprint density at radius 3 is 2.35 bits per heavy atom. The van der Waals surface area contributed by atoms with Crippen LogP contribution in [0.4, 0.5) is 21.9 Å². The molecule has 120 valence electrons. The standard InChI is InChI=1S/C16H17ClN4O2/c17-13-7-6-12(10-14(13)21-15(22)8-9-18)20-16(23)19-11-4-2-1-3-5-11/h1-7,10H,8-9,18H2,(H,21,22)(H2,19,20,23). The molecule has 0 aliphatic rings. The highest BCUT2D eigenvalue weighted by atomic mass is 35.5. The summed E-state index contributed by atoms with van der Waals surface area (Å²) < 4.78 is 0. The molecular weight excluding hydrogens is 316 g/mol. The maximum atomic E-state index is 11.9. The predicted molar refractivity (Wildman–Crippen MR) is 92.8 cm³/mol. The third kappa shape index (κ3) is 5.28. The van der Waals surface area contributed by atoms with Crippen LogP contribution in [-0.4, -0.2) is 18.5 Å². The second-order valence-corrected chi connectivity index (χ2v) is 5.13. The van der Waals surface area contributed by atoms with Gasteiger partial charge in [0.2, 0.25) is 5.91 Å². The number of para-hydroxylation sites is 1. The molecule has 0 spiro atoms. The highest BCUT2D eigenvalue weighted by molar-refractivity contribution is 6.33. The first-order chi connectivity index (χ1) is 11.1. The van der Waals surface area contributed by atoms with E-state index in [1.54, 1.807) is 30.3 Å². The van der Waals surface area contributed by atoms with E-state index in [9.17, 15) is 9.59 Å². The fourth-order valence-corrected chi connectivity index (χ4v) is 2.02. The van der Waals surface area contributed by atoms with E-state index in [0.717, 1.165) is 0 Å². The molecule has 7 heteroatoms. The van der Waals surface area contributed by atoms with Gasteiger partial charge in [0.25, 0.3) is 0 Å². The van der Waals surface area contributed by atoms with Gasteiger partial charge >= 0.3 is 6.03 Å². The molecule has 0 bridgehead atoms. The molecule has 2 aromatic carbocycles. The summed E-state index contributed by atoms with van der Waals surface area (Å²) in [6.45, 7) is 0.251. The number of halogens is 1. The van der Waals surface area contributed by atoms with Gasteiger partial charge < -0.3 is 21.7 Å². The Labute approximate surface area is 139 Å². The van der Waals surface area contributed by atoms with Crippen LogP contribution in [-0.2, 0) is 4.79 Å². The molecule has 0 fully saturated rings. The molecule has 3 amide bonds. The molecule has 0 aromatic heterocycles. The van der Waals surface area contributed by atoms with Crippen molar-refractivity contribution in [2.75, 3.05) is 22.5 Å². The van der Waals surface area contributed by atoms with Crippen molar-refractivity contribution in [3.63, 3.8) is 0 Å². The van der Waals surface area contributed by atoms with E-state index in [-0.39, 0.29) is 18.9 Å². The molecule has 0 saturated carbocycles. The minimum Gasteiger partial charge on any atom is -0.330 e. The van der Waals surface area contributed by atoms with Crippen LogP contribution in [0.3, 0.4) is 0 Å². The summed E-state index contributed by atoms with van der Waals surface area (Å²) in [5.41, 5.74) is 6.93. The average Bonchev–Trinajstić information content (AvgIpc) is 2.52. The summed E-state index contributed by atoms with van der Waals surface area (Å²) in [7, 11) is 0. The zero-order chi connectivity index (χ0) is 16.7. The summed E-state index contributed by atoms with van der Waals surface area (Å²) in [6, 6.07) is 13.5. The summed E-state index contributed by atoms with van der Waals surface area (Å²) in [5, 5.41) is 8.41. The van der Waals surface area contributed by atoms with Gasteiger partial charge in [-0.2, -0.15) is 0 Å². The normalized spacial score (nSPS) is 10.0. The van der Waals surface area contributed by atoms with Gasteiger partial charge in [0, 0.05) is 24.3 Å². The summed E-state index contributed by atoms with van der Waals surface area (Å²) in [6.07, 6.45) is 0.197. The minimum absolute atomic E-state index is 0.197. The summed E-state index contributed by atoms with van der Waals surface area (Å²) >= 11 is 6.03. The van der Waals surface area contributed by atoms with E-state index in [4.69, 9.17) is 17.3 Å². The van der Waals surface area contributed by atoms with Crippen molar-refractivity contribution in [1.29, 1.82) is 0 Å². The van der Waals surface area contributed by atoms with Crippen molar-refractivity contribution in [1.82, 2.24) is 0 Å². The maximum Gasteiger partial charge on any atom is 0.323 e. The molecule has 0 heterocycles. The Morgan fingerprint density at radius 2 is 1.65 bits per heavy atom. The maximum absolute atomic E-state index is 11.9. The van der Waals surface area contributed by atoms with Gasteiger partial charge in [-0.3, -0.25) is 4.79 Å². The smallest absolute Gasteiger partial charge is 0.323 e. The van der Waals surface area contributed by atoms with E-state index < -0.39 is 6.03 Å². The Balaban J connectivity index is 2.02. The van der Waals surface area contributed by atoms with Crippen LogP contribution in [0.1, 0.15) is 6.42 Å². The lowest BCUT2D eigenvalue weighted by molar-refractivity contribution is -0.116. The number of rotatable bonds is 5. The van der Waals surface area contributed by atoms with Crippen LogP contribution in [0.25, 0.3) is 0 Å². The molecule has 0 radical (unpaired) electrons. The van der Waals surface area contributed by atoms with Gasteiger partial charge in [-0.05, 0) is 30.3 Å². The lowest BCUT2D eigenvalue weighted by Gasteiger charge is -2.11. The number of anilines is 3. The van der Waals surface area contributed by atoms with Crippen LogP contribution in [0.5, 0.6) is 0 Å². The Kier molecular flexibility index (Phi) is 5.96. The summed E-state index contributed by atoms with van der Waals surface area (Å²) in [5.74, 6) is -0.236. The van der Waals surface area contributed by atoms with Crippen LogP contribution in [0.15, 0.2) is 48.5 Å². The van der Waals surface area contributed by atoms with Crippen molar-refractivity contribution in [3.8, 4) is 0 Å². The lowest BCUT2D eigenvalue weighted by Crippen LogP contribution is -2.20. The number of nitrogens with two attached hydrogens (primary N) is 1. The number of hydrogen-bond acceptors (Lipinski definition) is 3. The molecule has 0 saturated heterocycles. The van der Waals surface area contributed by atoms with Gasteiger partial charge in [-0.1, -0.05) is 29.8 Å². The molecule has 6 nitrogen and oxygen atoms in total. The van der Waals surface area contributed by atoms with Crippen LogP contribution in [0, 0.1) is 0 Å². The molecular formula is C16H17ClN4O2. The second-order valence-electron chi connectivity index (χ2n) is 4.73. The average molecular weight is 333 g/mol. The van der Waals surface area contributed by atoms with Crippen LogP contribution >= 0.6 is 11.6 Å². The van der Waals surface area contributed by atoms with E-state index in [2.05, 4.69) is 16.0 Å². The van der Waals surface area contributed by atoms with E-state index in [1.165, 1.54) is 0 Å². The number of nitrogens with one attached hydrogen (secondary N) is 3. The van der Waals surface area contributed by atoms with Crippen LogP contribution in [0.2, 0.25) is 5.02 Å². The van der Waals surface area contributed by atoms with Crippen LogP contribution < -0.4 is 21.7 Å². The molecule has 5 N–H and O–H groups in total. The van der Waals surface area contributed by atoms with Crippen molar-refractivity contribution in [2.24, 2.45) is 5.73 Å². The largest absolute Gasteiger partial charge is 0.330 e.